The molecule has 4 heteroatoms. The lowest BCUT2D eigenvalue weighted by atomic mass is 10.2. The molecule has 0 atom stereocenters. The molecule has 1 heterocycles. The maximum Gasteiger partial charge on any atom is 0.124 e. The molecule has 0 unspecified atom stereocenters. The number of rotatable bonds is 2. The van der Waals surface area contributed by atoms with Crippen LogP contribution >= 0.6 is 15.9 Å². The number of benzene rings is 2. The molecule has 3 rings (SSSR count). The predicted molar refractivity (Wildman–Crippen MR) is 79.6 cm³/mol. The van der Waals surface area contributed by atoms with Crippen LogP contribution in [-0.2, 0) is 6.54 Å². The largest absolute Gasteiger partial charge is 0.399 e. The first-order chi connectivity index (χ1) is 9.13. The molecule has 0 fully saturated rings. The quantitative estimate of drug-likeness (QED) is 0.706. The van der Waals surface area contributed by atoms with Gasteiger partial charge in [-0.15, -0.1) is 0 Å². The number of fused-ring (bicyclic) bond motifs is 1. The van der Waals surface area contributed by atoms with Crippen molar-refractivity contribution in [1.29, 1.82) is 0 Å². The zero-order valence-electron chi connectivity index (χ0n) is 10.1. The molecule has 2 nitrogen and oxygen atoms in total. The van der Waals surface area contributed by atoms with Gasteiger partial charge in [-0.25, -0.2) is 4.39 Å². The van der Waals surface area contributed by atoms with E-state index < -0.39 is 0 Å². The van der Waals surface area contributed by atoms with Crippen molar-refractivity contribution in [1.82, 2.24) is 4.57 Å². The third kappa shape index (κ3) is 2.36. The lowest BCUT2D eigenvalue weighted by Crippen LogP contribution is -1.99. The summed E-state index contributed by atoms with van der Waals surface area (Å²) in [6.45, 7) is 0.689. The SMILES string of the molecule is Nc1ccc2c(ccn2Cc2ccc(F)cc2Br)c1. The van der Waals surface area contributed by atoms with Crippen LogP contribution < -0.4 is 5.73 Å². The lowest BCUT2D eigenvalue weighted by molar-refractivity contribution is 0.625. The predicted octanol–water partition coefficient (Wildman–Crippen LogP) is 4.17. The average Bonchev–Trinajstić information content (AvgIpc) is 2.75. The van der Waals surface area contributed by atoms with E-state index in [2.05, 4.69) is 20.5 Å². The maximum absolute atomic E-state index is 13.1. The van der Waals surface area contributed by atoms with Crippen LogP contribution in [0.1, 0.15) is 5.56 Å². The number of hydrogen-bond donors (Lipinski definition) is 1. The van der Waals surface area contributed by atoms with Gasteiger partial charge >= 0.3 is 0 Å². The van der Waals surface area contributed by atoms with E-state index in [1.807, 2.05) is 30.5 Å². The number of nitrogen functional groups attached to an aromatic ring is 1. The summed E-state index contributed by atoms with van der Waals surface area (Å²) in [5, 5.41) is 1.11. The Kier molecular flexibility index (Phi) is 3.03. The summed E-state index contributed by atoms with van der Waals surface area (Å²) in [5.74, 6) is -0.235. The van der Waals surface area contributed by atoms with Crippen LogP contribution in [0, 0.1) is 5.82 Å². The minimum atomic E-state index is -0.235. The fourth-order valence-corrected chi connectivity index (χ4v) is 2.67. The van der Waals surface area contributed by atoms with Crippen molar-refractivity contribution in [2.75, 3.05) is 5.73 Å². The Hall–Kier alpha value is -1.81. The van der Waals surface area contributed by atoms with Gasteiger partial charge in [0.15, 0.2) is 0 Å². The molecule has 2 aromatic carbocycles. The van der Waals surface area contributed by atoms with E-state index in [0.717, 1.165) is 26.6 Å². The molecule has 0 radical (unpaired) electrons. The Morgan fingerprint density at radius 3 is 2.74 bits per heavy atom. The second kappa shape index (κ2) is 4.70. The number of hydrogen-bond acceptors (Lipinski definition) is 1. The third-order valence-corrected chi connectivity index (χ3v) is 3.89. The van der Waals surface area contributed by atoms with E-state index in [0.29, 0.717) is 6.54 Å². The number of halogens is 2. The molecule has 0 amide bonds. The van der Waals surface area contributed by atoms with Crippen molar-refractivity contribution < 1.29 is 4.39 Å². The number of anilines is 1. The van der Waals surface area contributed by atoms with Crippen LogP contribution in [-0.4, -0.2) is 4.57 Å². The second-order valence-corrected chi connectivity index (χ2v) is 5.35. The van der Waals surface area contributed by atoms with Gasteiger partial charge in [-0.3, -0.25) is 0 Å². The van der Waals surface area contributed by atoms with Crippen LogP contribution in [0.4, 0.5) is 10.1 Å². The molecule has 0 bridgehead atoms. The highest BCUT2D eigenvalue weighted by atomic mass is 79.9. The first-order valence-electron chi connectivity index (χ1n) is 5.92. The van der Waals surface area contributed by atoms with Crippen molar-refractivity contribution >= 4 is 32.5 Å². The van der Waals surface area contributed by atoms with E-state index in [4.69, 9.17) is 5.73 Å². The first-order valence-corrected chi connectivity index (χ1v) is 6.71. The monoisotopic (exact) mass is 318 g/mol. The molecular weight excluding hydrogens is 307 g/mol. The highest BCUT2D eigenvalue weighted by molar-refractivity contribution is 9.10. The summed E-state index contributed by atoms with van der Waals surface area (Å²) < 4.78 is 16.0. The summed E-state index contributed by atoms with van der Waals surface area (Å²) in [7, 11) is 0. The Balaban J connectivity index is 2.01. The van der Waals surface area contributed by atoms with E-state index in [1.54, 1.807) is 6.07 Å². The molecule has 2 N–H and O–H groups in total. The summed E-state index contributed by atoms with van der Waals surface area (Å²) in [4.78, 5) is 0. The van der Waals surface area contributed by atoms with Crippen molar-refractivity contribution in [2.24, 2.45) is 0 Å². The van der Waals surface area contributed by atoms with Gasteiger partial charge in [-0.1, -0.05) is 22.0 Å². The third-order valence-electron chi connectivity index (χ3n) is 3.15. The molecule has 0 saturated carbocycles. The lowest BCUT2D eigenvalue weighted by Gasteiger charge is -2.08. The standard InChI is InChI=1S/C15H12BrFN2/c16-14-8-12(17)2-1-11(14)9-19-6-5-10-7-13(18)3-4-15(10)19/h1-8H,9,18H2. The smallest absolute Gasteiger partial charge is 0.124 e. The molecule has 0 saturated heterocycles. The van der Waals surface area contributed by atoms with E-state index >= 15 is 0 Å². The van der Waals surface area contributed by atoms with Crippen molar-refractivity contribution in [2.45, 2.75) is 6.54 Å². The fourth-order valence-electron chi connectivity index (χ4n) is 2.19. The van der Waals surface area contributed by atoms with Gasteiger partial charge in [0.1, 0.15) is 5.82 Å². The van der Waals surface area contributed by atoms with Crippen LogP contribution in [0.3, 0.4) is 0 Å². The highest BCUT2D eigenvalue weighted by Gasteiger charge is 2.05. The topological polar surface area (TPSA) is 30.9 Å². The van der Waals surface area contributed by atoms with Gasteiger partial charge in [0.05, 0.1) is 0 Å². The van der Waals surface area contributed by atoms with Crippen molar-refractivity contribution in [3.63, 3.8) is 0 Å². The van der Waals surface area contributed by atoms with Crippen LogP contribution in [0.25, 0.3) is 10.9 Å². The van der Waals surface area contributed by atoms with Crippen molar-refractivity contribution in [3.05, 3.63) is 64.5 Å². The molecule has 0 aliphatic heterocycles. The Bertz CT molecular complexity index is 749. The normalized spacial score (nSPS) is 11.1. The molecule has 0 aliphatic rings. The Morgan fingerprint density at radius 2 is 1.95 bits per heavy atom. The van der Waals surface area contributed by atoms with Crippen molar-refractivity contribution in [3.8, 4) is 0 Å². The van der Waals surface area contributed by atoms with Gasteiger partial charge in [-0.05, 0) is 42.0 Å². The van der Waals surface area contributed by atoms with Gasteiger partial charge in [0.2, 0.25) is 0 Å². The van der Waals surface area contributed by atoms with E-state index in [9.17, 15) is 4.39 Å². The van der Waals surface area contributed by atoms with Gasteiger partial charge < -0.3 is 10.3 Å². The zero-order valence-corrected chi connectivity index (χ0v) is 11.7. The summed E-state index contributed by atoms with van der Waals surface area (Å²) in [5.41, 5.74) is 8.68. The van der Waals surface area contributed by atoms with Gasteiger partial charge in [0, 0.05) is 33.8 Å². The number of aromatic nitrogens is 1. The molecule has 0 spiro atoms. The molecule has 19 heavy (non-hydrogen) atoms. The molecule has 0 aliphatic carbocycles. The molecular formula is C15H12BrFN2. The van der Waals surface area contributed by atoms with Crippen LogP contribution in [0.2, 0.25) is 0 Å². The zero-order chi connectivity index (χ0) is 13.4. The Labute approximate surface area is 118 Å². The Morgan fingerprint density at radius 1 is 1.11 bits per heavy atom. The van der Waals surface area contributed by atoms with Crippen LogP contribution in [0.5, 0.6) is 0 Å². The highest BCUT2D eigenvalue weighted by Crippen LogP contribution is 2.23. The summed E-state index contributed by atoms with van der Waals surface area (Å²) >= 11 is 3.40. The first kappa shape index (κ1) is 12.2. The minimum absolute atomic E-state index is 0.235. The number of nitrogens with zero attached hydrogens (tertiary/aromatic N) is 1. The second-order valence-electron chi connectivity index (χ2n) is 4.50. The van der Waals surface area contributed by atoms with Crippen LogP contribution in [0.15, 0.2) is 53.1 Å². The average molecular weight is 319 g/mol. The molecule has 1 aromatic heterocycles. The van der Waals surface area contributed by atoms with Gasteiger partial charge in [0.25, 0.3) is 0 Å². The summed E-state index contributed by atoms with van der Waals surface area (Å²) in [6.07, 6.45) is 2.01. The maximum atomic E-state index is 13.1. The summed E-state index contributed by atoms with van der Waals surface area (Å²) in [6, 6.07) is 12.6. The molecule has 3 aromatic rings. The fraction of sp³-hybridized carbons (Fsp3) is 0.0667. The van der Waals surface area contributed by atoms with E-state index in [-0.39, 0.29) is 5.82 Å². The minimum Gasteiger partial charge on any atom is -0.399 e. The number of nitrogens with two attached hydrogens (primary N) is 1. The molecule has 96 valence electrons. The van der Waals surface area contributed by atoms with E-state index in [1.165, 1.54) is 12.1 Å². The van der Waals surface area contributed by atoms with Gasteiger partial charge in [-0.2, -0.15) is 0 Å².